The lowest BCUT2D eigenvalue weighted by molar-refractivity contribution is -0.274. The first-order chi connectivity index (χ1) is 13.4. The first-order valence-corrected chi connectivity index (χ1v) is 7.51. The van der Waals surface area contributed by atoms with Crippen molar-refractivity contribution in [3.8, 4) is 11.8 Å². The topological polar surface area (TPSA) is 108 Å². The largest absolute Gasteiger partial charge is 0.573 e. The molecule has 0 aliphatic rings. The van der Waals surface area contributed by atoms with E-state index in [-0.39, 0.29) is 5.56 Å². The van der Waals surface area contributed by atoms with Crippen LogP contribution in [0.1, 0.15) is 11.1 Å². The quantitative estimate of drug-likeness (QED) is 0.636. The molecule has 0 atom stereocenters. The zero-order valence-corrected chi connectivity index (χ0v) is 14.3. The molecule has 0 heterocycles. The lowest BCUT2D eigenvalue weighted by Crippen LogP contribution is -2.21. The van der Waals surface area contributed by atoms with Crippen LogP contribution in [0.4, 0.5) is 37.7 Å². The summed E-state index contributed by atoms with van der Waals surface area (Å²) in [5.41, 5.74) is 7.57. The van der Waals surface area contributed by atoms with Crippen molar-refractivity contribution in [2.45, 2.75) is 19.1 Å². The Labute approximate surface area is 160 Å². The molecule has 12 heteroatoms. The van der Waals surface area contributed by atoms with Crippen LogP contribution >= 0.6 is 0 Å². The van der Waals surface area contributed by atoms with E-state index in [1.165, 1.54) is 6.07 Å². The minimum absolute atomic E-state index is 0.0460. The van der Waals surface area contributed by atoms with Crippen LogP contribution in [0.25, 0.3) is 0 Å². The number of carboxylic acids is 1. The molecule has 0 saturated heterocycles. The normalized spacial score (nSPS) is 11.0. The van der Waals surface area contributed by atoms with Crippen LogP contribution in [0.3, 0.4) is 0 Å². The summed E-state index contributed by atoms with van der Waals surface area (Å²) in [4.78, 5) is 8.90. The number of halogens is 6. The number of benzene rings is 2. The maximum absolute atomic E-state index is 12.2. The molecule has 0 bridgehead atoms. The second kappa shape index (κ2) is 9.65. The Kier molecular flexibility index (Phi) is 7.85. The molecule has 0 aromatic heterocycles. The molecule has 0 amide bonds. The third-order valence-corrected chi connectivity index (χ3v) is 3.06. The highest BCUT2D eigenvalue weighted by atomic mass is 19.4. The number of alkyl halides is 6. The van der Waals surface area contributed by atoms with E-state index in [9.17, 15) is 26.3 Å². The van der Waals surface area contributed by atoms with Crippen molar-refractivity contribution in [1.29, 1.82) is 5.26 Å². The number of hydrogen-bond acceptors (Lipinski definition) is 5. The van der Waals surface area contributed by atoms with Gasteiger partial charge in [0.05, 0.1) is 11.3 Å². The Bertz CT molecular complexity index is 874. The van der Waals surface area contributed by atoms with Gasteiger partial charge in [0, 0.05) is 18.3 Å². The van der Waals surface area contributed by atoms with Gasteiger partial charge in [-0.15, -0.1) is 13.2 Å². The number of nitrogens with two attached hydrogens (primary N) is 1. The van der Waals surface area contributed by atoms with Gasteiger partial charge in [-0.25, -0.2) is 4.79 Å². The fourth-order valence-corrected chi connectivity index (χ4v) is 1.80. The van der Waals surface area contributed by atoms with Crippen molar-refractivity contribution in [2.75, 3.05) is 5.32 Å². The number of nitrogens with zero attached hydrogens (tertiary/aromatic N) is 1. The van der Waals surface area contributed by atoms with Crippen molar-refractivity contribution in [3.05, 3.63) is 53.6 Å². The average molecular weight is 421 g/mol. The Morgan fingerprint density at radius 2 is 1.66 bits per heavy atom. The fourth-order valence-electron chi connectivity index (χ4n) is 1.80. The van der Waals surface area contributed by atoms with Crippen molar-refractivity contribution in [3.63, 3.8) is 0 Å². The highest BCUT2D eigenvalue weighted by molar-refractivity contribution is 5.73. The van der Waals surface area contributed by atoms with Gasteiger partial charge in [0.1, 0.15) is 11.8 Å². The van der Waals surface area contributed by atoms with Crippen LogP contribution in [0.5, 0.6) is 5.75 Å². The van der Waals surface area contributed by atoms with E-state index < -0.39 is 24.3 Å². The van der Waals surface area contributed by atoms with Crippen LogP contribution in [-0.2, 0) is 11.3 Å². The highest BCUT2D eigenvalue weighted by Crippen LogP contribution is 2.28. The number of aliphatic carboxylic acids is 1. The Balaban J connectivity index is 0.000000516. The van der Waals surface area contributed by atoms with E-state index in [4.69, 9.17) is 20.9 Å². The van der Waals surface area contributed by atoms with E-state index in [0.29, 0.717) is 17.9 Å². The molecule has 2 rings (SSSR count). The molecule has 0 spiro atoms. The number of ether oxygens (including phenoxy) is 1. The standard InChI is InChI=1S/C15H12F3N3O.C2HF3O2/c16-15(17,18)22-13-5-6-14(11(7-13)9-20)21-12-3-1-10(8-19)2-4-12;3-2(4,5)1(6)7/h1-7,21H,8,19H2;(H,6,7). The number of rotatable bonds is 4. The number of nitriles is 1. The van der Waals surface area contributed by atoms with Gasteiger partial charge < -0.3 is 20.9 Å². The van der Waals surface area contributed by atoms with Crippen LogP contribution in [-0.4, -0.2) is 23.6 Å². The monoisotopic (exact) mass is 421 g/mol. The molecular formula is C17H13F6N3O3. The summed E-state index contributed by atoms with van der Waals surface area (Å²) in [6, 6.07) is 12.5. The molecule has 0 fully saturated rings. The lowest BCUT2D eigenvalue weighted by Gasteiger charge is -2.12. The van der Waals surface area contributed by atoms with Crippen LogP contribution in [0.15, 0.2) is 42.5 Å². The first-order valence-electron chi connectivity index (χ1n) is 7.51. The van der Waals surface area contributed by atoms with Gasteiger partial charge in [-0.2, -0.15) is 18.4 Å². The maximum Gasteiger partial charge on any atom is 0.573 e. The third kappa shape index (κ3) is 8.39. The minimum Gasteiger partial charge on any atom is -0.475 e. The van der Waals surface area contributed by atoms with Crippen molar-refractivity contribution in [1.82, 2.24) is 0 Å². The van der Waals surface area contributed by atoms with E-state index in [2.05, 4.69) is 10.1 Å². The molecule has 156 valence electrons. The van der Waals surface area contributed by atoms with E-state index in [1.54, 1.807) is 12.1 Å². The molecule has 4 N–H and O–H groups in total. The summed E-state index contributed by atoms with van der Waals surface area (Å²) in [5.74, 6) is -3.19. The molecule has 2 aromatic rings. The summed E-state index contributed by atoms with van der Waals surface area (Å²) in [6.07, 6.45) is -9.88. The van der Waals surface area contributed by atoms with Gasteiger partial charge in [-0.05, 0) is 29.8 Å². The van der Waals surface area contributed by atoms with Gasteiger partial charge in [0.25, 0.3) is 0 Å². The molecule has 6 nitrogen and oxygen atoms in total. The van der Waals surface area contributed by atoms with Gasteiger partial charge in [0.2, 0.25) is 0 Å². The summed E-state index contributed by atoms with van der Waals surface area (Å²) in [5, 5.41) is 19.1. The molecule has 2 aromatic carbocycles. The lowest BCUT2D eigenvalue weighted by atomic mass is 10.1. The Morgan fingerprint density at radius 1 is 1.10 bits per heavy atom. The molecule has 0 radical (unpaired) electrons. The number of anilines is 2. The summed E-state index contributed by atoms with van der Waals surface area (Å²) in [6.45, 7) is 0.410. The number of carboxylic acid groups (broad SMARTS) is 1. The fraction of sp³-hybridized carbons (Fsp3) is 0.176. The molecule has 0 aliphatic carbocycles. The van der Waals surface area contributed by atoms with E-state index >= 15 is 0 Å². The predicted molar refractivity (Wildman–Crippen MR) is 89.1 cm³/mol. The van der Waals surface area contributed by atoms with Gasteiger partial charge in [0.15, 0.2) is 0 Å². The smallest absolute Gasteiger partial charge is 0.475 e. The average Bonchev–Trinajstić information content (AvgIpc) is 2.62. The minimum atomic E-state index is -5.08. The Hall–Kier alpha value is -3.46. The van der Waals surface area contributed by atoms with Gasteiger partial charge in [-0.3, -0.25) is 0 Å². The number of hydrogen-bond donors (Lipinski definition) is 3. The maximum atomic E-state index is 12.2. The number of carbonyl (C=O) groups is 1. The van der Waals surface area contributed by atoms with E-state index in [1.807, 2.05) is 18.2 Å². The molecular weight excluding hydrogens is 408 g/mol. The summed E-state index contributed by atoms with van der Waals surface area (Å²) >= 11 is 0. The zero-order valence-electron chi connectivity index (χ0n) is 14.3. The Morgan fingerprint density at radius 3 is 2.07 bits per heavy atom. The number of nitrogens with one attached hydrogen (secondary N) is 1. The van der Waals surface area contributed by atoms with Crippen LogP contribution < -0.4 is 15.8 Å². The molecule has 0 saturated carbocycles. The van der Waals surface area contributed by atoms with Gasteiger partial charge in [-0.1, -0.05) is 12.1 Å². The van der Waals surface area contributed by atoms with E-state index in [0.717, 1.165) is 17.7 Å². The van der Waals surface area contributed by atoms with Crippen LogP contribution in [0, 0.1) is 11.3 Å². The molecule has 29 heavy (non-hydrogen) atoms. The summed E-state index contributed by atoms with van der Waals surface area (Å²) < 4.78 is 72.0. The second-order valence-electron chi connectivity index (χ2n) is 5.20. The SMILES string of the molecule is N#Cc1cc(OC(F)(F)F)ccc1Nc1ccc(CN)cc1.O=C(O)C(F)(F)F. The highest BCUT2D eigenvalue weighted by Gasteiger charge is 2.38. The molecule has 0 unspecified atom stereocenters. The zero-order chi connectivity index (χ0) is 22.2. The van der Waals surface area contributed by atoms with Crippen molar-refractivity contribution < 1.29 is 41.0 Å². The first kappa shape index (κ1) is 23.6. The van der Waals surface area contributed by atoms with Crippen molar-refractivity contribution >= 4 is 17.3 Å². The van der Waals surface area contributed by atoms with Crippen molar-refractivity contribution in [2.24, 2.45) is 5.73 Å². The van der Waals surface area contributed by atoms with Gasteiger partial charge >= 0.3 is 18.5 Å². The van der Waals surface area contributed by atoms with Crippen LogP contribution in [0.2, 0.25) is 0 Å². The second-order valence-corrected chi connectivity index (χ2v) is 5.20. The predicted octanol–water partition coefficient (Wildman–Crippen LogP) is 4.29. The third-order valence-electron chi connectivity index (χ3n) is 3.06. The molecule has 0 aliphatic heterocycles. The summed E-state index contributed by atoms with van der Waals surface area (Å²) in [7, 11) is 0.